The molecule has 0 spiro atoms. The van der Waals surface area contributed by atoms with Gasteiger partial charge in [-0.2, -0.15) is 0 Å². The van der Waals surface area contributed by atoms with Crippen LogP contribution in [0.2, 0.25) is 0 Å². The molecule has 11 heteroatoms. The molecule has 0 heterocycles. The van der Waals surface area contributed by atoms with Gasteiger partial charge in [0.2, 0.25) is 0 Å². The molecule has 9 N–H and O–H groups in total. The number of rotatable bonds is 0. The Morgan fingerprint density at radius 3 is 1.27 bits per heavy atom. The third-order valence-electron chi connectivity index (χ3n) is 0. The second-order valence-corrected chi connectivity index (χ2v) is 0.720. The van der Waals surface area contributed by atoms with E-state index in [9.17, 15) is 0 Å². The summed E-state index contributed by atoms with van der Waals surface area (Å²) < 4.78 is 38.0. The van der Waals surface area contributed by atoms with Crippen LogP contribution in [0.1, 0.15) is 1.43 Å². The SMILES string of the molecule is O.O.O.[3H]OO.[H+].[O]=[Ti]=[OH+].[O]=[Ti]=[O]. The van der Waals surface area contributed by atoms with Crippen LogP contribution in [0.25, 0.3) is 1.43 Å². The third kappa shape index (κ3) is 4030. The van der Waals surface area contributed by atoms with E-state index in [0.29, 0.717) is 0 Å². The summed E-state index contributed by atoms with van der Waals surface area (Å²) in [4.78, 5) is 0. The van der Waals surface area contributed by atoms with Crippen LogP contribution in [0.5, 0.6) is 0 Å². The van der Waals surface area contributed by atoms with E-state index in [1.807, 2.05) is 0 Å². The van der Waals surface area contributed by atoms with Gasteiger partial charge in [0.15, 0.2) is 0 Å². The Balaban J connectivity index is -0.00000000720. The summed E-state index contributed by atoms with van der Waals surface area (Å²) in [7, 11) is 0. The first-order valence-electron chi connectivity index (χ1n) is 1.43. The summed E-state index contributed by atoms with van der Waals surface area (Å²) in [5.74, 6) is 0. The molecule has 0 aromatic heterocycles. The van der Waals surface area contributed by atoms with Crippen molar-refractivity contribution in [2.45, 2.75) is 0 Å². The van der Waals surface area contributed by atoms with Crippen molar-refractivity contribution in [2.75, 3.05) is 0 Å². The van der Waals surface area contributed by atoms with Crippen LogP contribution in [-0.2, 0) is 48.2 Å². The zero-order valence-electron chi connectivity index (χ0n) is 7.03. The number of hydrogen-bond donors (Lipinski definition) is 2. The van der Waals surface area contributed by atoms with Gasteiger partial charge in [-0.3, -0.25) is 10.5 Å². The standard InChI is InChI=1S/H2O2.4H2O.3O.2Ti/c1-2;;;;;;;;;/h1-2H;4*1H2;;;;;/q;;;;;;;;;+2/i/hT. The Labute approximate surface area is 81.4 Å². The minimum absolute atomic E-state index is 0. The maximum absolute atomic E-state index is 8.61. The molecule has 0 amide bonds. The van der Waals surface area contributed by atoms with E-state index in [0.717, 1.165) is 0 Å². The van der Waals surface area contributed by atoms with Crippen LogP contribution in [0, 0.1) is 0 Å². The van der Waals surface area contributed by atoms with E-state index in [2.05, 4.69) is 5.26 Å². The molecule has 0 saturated carbocycles. The van der Waals surface area contributed by atoms with Gasteiger partial charge in [-0.1, -0.05) is 0 Å². The molecule has 9 nitrogen and oxygen atoms in total. The van der Waals surface area contributed by atoms with E-state index >= 15 is 0 Å². The van der Waals surface area contributed by atoms with Gasteiger partial charge in [-0.15, -0.1) is 0 Å². The monoisotopic (exact) mass is 252 g/mol. The van der Waals surface area contributed by atoms with E-state index in [1.165, 1.54) is 0 Å². The Kier molecular flexibility index (Phi) is 430. The third-order valence-corrected chi connectivity index (χ3v) is 0. The molecule has 0 bridgehead atoms. The second kappa shape index (κ2) is 157. The molecule has 0 aliphatic carbocycles. The zero-order valence-corrected chi connectivity index (χ0v) is 8.15. The van der Waals surface area contributed by atoms with E-state index in [-0.39, 0.29) is 17.9 Å². The Hall–Kier alpha value is 0.429. The Morgan fingerprint density at radius 1 is 1.27 bits per heavy atom. The van der Waals surface area contributed by atoms with Crippen LogP contribution in [0.15, 0.2) is 0 Å². The van der Waals surface area contributed by atoms with Crippen molar-refractivity contribution in [3.8, 4) is 0 Å². The maximum atomic E-state index is 8.61. The molecule has 11 heavy (non-hydrogen) atoms. The van der Waals surface area contributed by atoms with Crippen molar-refractivity contribution in [1.29, 1.82) is 1.43 Å². The van der Waals surface area contributed by atoms with Gasteiger partial charge in [0, 0.05) is 0 Å². The predicted octanol–water partition coefficient (Wildman–Crippen LogP) is -2.88. The van der Waals surface area contributed by atoms with Crippen molar-refractivity contribution >= 4 is 0 Å². The minimum atomic E-state index is -2.00. The van der Waals surface area contributed by atoms with Crippen molar-refractivity contribution in [2.24, 2.45) is 0 Å². The first-order chi connectivity index (χ1) is 4.24. The molecule has 0 aromatic carbocycles. The molecule has 0 atom stereocenters. The summed E-state index contributed by atoms with van der Waals surface area (Å²) in [6.45, 7) is 0. The summed E-state index contributed by atoms with van der Waals surface area (Å²) in [5.41, 5.74) is 0. The molecular formula is H10O9Ti2+2. The molecule has 0 saturated heterocycles. The topological polar surface area (TPSA) is 208 Å². The molecule has 0 radical (unpaired) electrons. The zero-order chi connectivity index (χ0) is 8.12. The summed E-state index contributed by atoms with van der Waals surface area (Å²) >= 11 is -3.75. The molecular weight excluding hydrogens is 240 g/mol. The van der Waals surface area contributed by atoms with Crippen LogP contribution < -0.4 is 0 Å². The van der Waals surface area contributed by atoms with Crippen molar-refractivity contribution < 1.29 is 79.9 Å². The molecule has 0 aliphatic rings. The van der Waals surface area contributed by atoms with Crippen LogP contribution in [0.3, 0.4) is 0 Å². The van der Waals surface area contributed by atoms with Gasteiger partial charge in [0.05, 0.1) is 0 Å². The molecule has 0 aliphatic heterocycles. The summed E-state index contributed by atoms with van der Waals surface area (Å²) in [6, 6.07) is 0. The van der Waals surface area contributed by atoms with Gasteiger partial charge in [-0.05, 0) is 0 Å². The van der Waals surface area contributed by atoms with Gasteiger partial charge in [0.1, 0.15) is 0 Å². The van der Waals surface area contributed by atoms with Gasteiger partial charge in [-0.25, -0.2) is 0 Å². The van der Waals surface area contributed by atoms with Crippen LogP contribution in [-0.4, -0.2) is 30.3 Å². The molecule has 0 unspecified atom stereocenters. The summed E-state index contributed by atoms with van der Waals surface area (Å²) in [5, 5.41) is 9.24. The van der Waals surface area contributed by atoms with Gasteiger partial charge >= 0.3 is 52.9 Å². The predicted molar refractivity (Wildman–Crippen MR) is 21.2 cm³/mol. The second-order valence-electron chi connectivity index (χ2n) is 0.175. The molecule has 70 valence electrons. The number of hydrogen-bond acceptors (Lipinski definition) is 5. The Bertz CT molecular complexity index is 79.8. The fraction of sp³-hybridized carbons (Fsp3) is 0. The molecule has 0 fully saturated rings. The molecule has 0 aromatic rings. The molecule has 0 rings (SSSR count). The van der Waals surface area contributed by atoms with Crippen LogP contribution in [0.4, 0.5) is 0 Å². The van der Waals surface area contributed by atoms with Crippen LogP contribution >= 0.6 is 0 Å². The first-order valence-corrected chi connectivity index (χ1v) is 3.63. The quantitative estimate of drug-likeness (QED) is 0.200. The van der Waals surface area contributed by atoms with Crippen molar-refractivity contribution in [3.05, 3.63) is 0 Å². The van der Waals surface area contributed by atoms with E-state index in [1.54, 1.807) is 0 Å². The van der Waals surface area contributed by atoms with Crippen molar-refractivity contribution in [3.63, 3.8) is 0 Å². The summed E-state index contributed by atoms with van der Waals surface area (Å²) in [6.07, 6.45) is 0. The van der Waals surface area contributed by atoms with E-state index in [4.69, 9.17) is 20.0 Å². The van der Waals surface area contributed by atoms with Gasteiger partial charge < -0.3 is 16.4 Å². The van der Waals surface area contributed by atoms with Crippen molar-refractivity contribution in [1.82, 2.24) is 0 Å². The normalized spacial score (nSPS) is 3.18. The van der Waals surface area contributed by atoms with E-state index < -0.39 is 38.2 Å². The first kappa shape index (κ1) is 30.1. The fourth-order valence-corrected chi connectivity index (χ4v) is 0. The average molecular weight is 252 g/mol. The average Bonchev–Trinajstić information content (AvgIpc) is 1.70. The fourth-order valence-electron chi connectivity index (χ4n) is 0. The Morgan fingerprint density at radius 2 is 1.27 bits per heavy atom. The van der Waals surface area contributed by atoms with Gasteiger partial charge in [0.25, 0.3) is 1.43 Å².